The van der Waals surface area contributed by atoms with Crippen molar-refractivity contribution < 1.29 is 14.7 Å². The minimum atomic E-state index is -0.801. The second kappa shape index (κ2) is 7.16. The third-order valence-electron chi connectivity index (χ3n) is 4.90. The molecular weight excluding hydrogens is 280 g/mol. The molecule has 0 aromatic rings. The van der Waals surface area contributed by atoms with Gasteiger partial charge in [0.05, 0.1) is 5.92 Å². The maximum Gasteiger partial charge on any atom is 0.317 e. The molecule has 1 aliphatic heterocycles. The Morgan fingerprint density at radius 3 is 2.77 bits per heavy atom. The third-order valence-corrected chi connectivity index (χ3v) is 4.90. The van der Waals surface area contributed by atoms with E-state index in [0.717, 1.165) is 19.3 Å². The quantitative estimate of drug-likeness (QED) is 0.784. The summed E-state index contributed by atoms with van der Waals surface area (Å²) in [6.45, 7) is 5.91. The summed E-state index contributed by atoms with van der Waals surface area (Å²) in [7, 11) is 0. The van der Waals surface area contributed by atoms with E-state index in [0.29, 0.717) is 26.1 Å². The monoisotopic (exact) mass is 308 g/mol. The minimum absolute atomic E-state index is 0.0297. The van der Waals surface area contributed by atoms with Crippen molar-refractivity contribution in [2.45, 2.75) is 52.4 Å². The Labute approximate surface area is 132 Å². The van der Waals surface area contributed by atoms with Crippen LogP contribution in [0.2, 0.25) is 0 Å². The van der Waals surface area contributed by atoms with Crippen molar-refractivity contribution in [2.75, 3.05) is 19.6 Å². The van der Waals surface area contributed by atoms with E-state index in [-0.39, 0.29) is 11.4 Å². The summed E-state index contributed by atoms with van der Waals surface area (Å²) in [4.78, 5) is 25.0. The first-order valence-electron chi connectivity index (χ1n) is 8.35. The number of allylic oxidation sites excluding steroid dienone is 1. The van der Waals surface area contributed by atoms with E-state index in [1.165, 1.54) is 18.4 Å². The lowest BCUT2D eigenvalue weighted by Gasteiger charge is -2.34. The van der Waals surface area contributed by atoms with Crippen molar-refractivity contribution in [1.82, 2.24) is 10.2 Å². The molecular formula is C17H28N2O3. The van der Waals surface area contributed by atoms with E-state index in [2.05, 4.69) is 25.2 Å². The number of carbonyl (C=O) groups is 2. The fraction of sp³-hybridized carbons (Fsp3) is 0.765. The summed E-state index contributed by atoms with van der Waals surface area (Å²) < 4.78 is 0. The van der Waals surface area contributed by atoms with Crippen molar-refractivity contribution in [3.63, 3.8) is 0 Å². The molecule has 2 amide bonds. The standard InChI is InChI=1S/C17H28N2O3/c1-17(2,14-8-4-3-5-9-14)12-18-16(22)19-10-6-7-13(11-19)15(20)21/h8,13H,3-7,9-12H2,1-2H3,(H,18,22)(H,20,21). The first-order chi connectivity index (χ1) is 10.4. The molecule has 124 valence electrons. The van der Waals surface area contributed by atoms with E-state index in [1.54, 1.807) is 4.90 Å². The third kappa shape index (κ3) is 4.24. The van der Waals surface area contributed by atoms with Crippen molar-refractivity contribution in [1.29, 1.82) is 0 Å². The van der Waals surface area contributed by atoms with Crippen LogP contribution in [0.3, 0.4) is 0 Å². The molecule has 1 aliphatic carbocycles. The second-order valence-corrected chi connectivity index (χ2v) is 7.14. The van der Waals surface area contributed by atoms with Gasteiger partial charge >= 0.3 is 12.0 Å². The van der Waals surface area contributed by atoms with E-state index in [9.17, 15) is 9.59 Å². The van der Waals surface area contributed by atoms with Crippen LogP contribution >= 0.6 is 0 Å². The van der Waals surface area contributed by atoms with Crippen molar-refractivity contribution >= 4 is 12.0 Å². The predicted octanol–water partition coefficient (Wildman–Crippen LogP) is 3.02. The van der Waals surface area contributed by atoms with Gasteiger partial charge in [-0.25, -0.2) is 4.79 Å². The summed E-state index contributed by atoms with van der Waals surface area (Å²) in [5.74, 6) is -1.22. The van der Waals surface area contributed by atoms with Gasteiger partial charge in [-0.1, -0.05) is 25.5 Å². The summed E-state index contributed by atoms with van der Waals surface area (Å²) in [5, 5.41) is 12.1. The van der Waals surface area contributed by atoms with Gasteiger partial charge in [0.25, 0.3) is 0 Å². The highest BCUT2D eigenvalue weighted by Crippen LogP contribution is 2.33. The van der Waals surface area contributed by atoms with Crippen LogP contribution in [0.1, 0.15) is 52.4 Å². The van der Waals surface area contributed by atoms with Gasteiger partial charge in [-0.3, -0.25) is 4.79 Å². The maximum absolute atomic E-state index is 12.3. The molecule has 5 nitrogen and oxygen atoms in total. The van der Waals surface area contributed by atoms with Crippen molar-refractivity contribution in [2.24, 2.45) is 11.3 Å². The molecule has 1 heterocycles. The van der Waals surface area contributed by atoms with E-state index < -0.39 is 11.9 Å². The zero-order chi connectivity index (χ0) is 16.2. The highest BCUT2D eigenvalue weighted by Gasteiger charge is 2.30. The molecule has 1 saturated heterocycles. The number of nitrogens with one attached hydrogen (secondary N) is 1. The molecule has 2 aliphatic rings. The number of aliphatic carboxylic acids is 1. The van der Waals surface area contributed by atoms with Crippen LogP contribution < -0.4 is 5.32 Å². The van der Waals surface area contributed by atoms with E-state index in [1.807, 2.05) is 0 Å². The molecule has 1 unspecified atom stereocenters. The Morgan fingerprint density at radius 2 is 2.14 bits per heavy atom. The van der Waals surface area contributed by atoms with Crippen LogP contribution in [0.25, 0.3) is 0 Å². The molecule has 22 heavy (non-hydrogen) atoms. The molecule has 0 aromatic carbocycles. The average molecular weight is 308 g/mol. The van der Waals surface area contributed by atoms with Crippen molar-refractivity contribution in [3.05, 3.63) is 11.6 Å². The lowest BCUT2D eigenvalue weighted by molar-refractivity contribution is -0.143. The number of carboxylic acids is 1. The first-order valence-corrected chi connectivity index (χ1v) is 8.35. The lowest BCUT2D eigenvalue weighted by Crippen LogP contribution is -2.49. The topological polar surface area (TPSA) is 69.6 Å². The van der Waals surface area contributed by atoms with Crippen LogP contribution in [0.5, 0.6) is 0 Å². The Kier molecular flexibility index (Phi) is 5.48. The molecule has 1 atom stereocenters. The molecule has 1 fully saturated rings. The zero-order valence-corrected chi connectivity index (χ0v) is 13.7. The van der Waals surface area contributed by atoms with Gasteiger partial charge in [-0.05, 0) is 38.5 Å². The summed E-state index contributed by atoms with van der Waals surface area (Å²) in [5.41, 5.74) is 1.40. The summed E-state index contributed by atoms with van der Waals surface area (Å²) in [6.07, 6.45) is 8.49. The summed E-state index contributed by atoms with van der Waals surface area (Å²) in [6, 6.07) is -0.129. The molecule has 2 N–H and O–H groups in total. The average Bonchev–Trinajstić information content (AvgIpc) is 2.53. The van der Waals surface area contributed by atoms with Gasteiger partial charge in [-0.15, -0.1) is 0 Å². The molecule has 0 aromatic heterocycles. The molecule has 0 saturated carbocycles. The number of likely N-dealkylation sites (tertiary alicyclic amines) is 1. The smallest absolute Gasteiger partial charge is 0.317 e. The van der Waals surface area contributed by atoms with Gasteiger partial charge in [0.15, 0.2) is 0 Å². The molecule has 2 rings (SSSR count). The van der Waals surface area contributed by atoms with Gasteiger partial charge in [-0.2, -0.15) is 0 Å². The normalized spacial score (nSPS) is 22.9. The fourth-order valence-electron chi connectivity index (χ4n) is 3.34. The number of hydrogen-bond acceptors (Lipinski definition) is 2. The summed E-state index contributed by atoms with van der Waals surface area (Å²) >= 11 is 0. The van der Waals surface area contributed by atoms with Crippen molar-refractivity contribution in [3.8, 4) is 0 Å². The molecule has 5 heteroatoms. The Morgan fingerprint density at radius 1 is 1.36 bits per heavy atom. The molecule has 0 bridgehead atoms. The zero-order valence-electron chi connectivity index (χ0n) is 13.7. The predicted molar refractivity (Wildman–Crippen MR) is 85.7 cm³/mol. The van der Waals surface area contributed by atoms with Crippen LogP contribution in [0.15, 0.2) is 11.6 Å². The minimum Gasteiger partial charge on any atom is -0.481 e. The van der Waals surface area contributed by atoms with Crippen LogP contribution in [-0.4, -0.2) is 41.6 Å². The number of nitrogens with zero attached hydrogens (tertiary/aromatic N) is 1. The van der Waals surface area contributed by atoms with Crippen LogP contribution in [-0.2, 0) is 4.79 Å². The fourth-order valence-corrected chi connectivity index (χ4v) is 3.34. The lowest BCUT2D eigenvalue weighted by atomic mass is 9.78. The number of piperidine rings is 1. The maximum atomic E-state index is 12.3. The number of hydrogen-bond donors (Lipinski definition) is 2. The highest BCUT2D eigenvalue weighted by atomic mass is 16.4. The van der Waals surface area contributed by atoms with Crippen LogP contribution in [0.4, 0.5) is 4.79 Å². The number of amides is 2. The number of urea groups is 1. The SMILES string of the molecule is CC(C)(CNC(=O)N1CCCC(C(=O)O)C1)C1=CCCCC1. The number of carboxylic acid groups (broad SMARTS) is 1. The highest BCUT2D eigenvalue weighted by molar-refractivity contribution is 5.76. The first kappa shape index (κ1) is 16.8. The van der Waals surface area contributed by atoms with Crippen LogP contribution in [0, 0.1) is 11.3 Å². The van der Waals surface area contributed by atoms with Gasteiger partial charge in [0.1, 0.15) is 0 Å². The second-order valence-electron chi connectivity index (χ2n) is 7.14. The van der Waals surface area contributed by atoms with Gasteiger partial charge in [0.2, 0.25) is 0 Å². The Bertz CT molecular complexity index is 457. The Balaban J connectivity index is 1.86. The largest absolute Gasteiger partial charge is 0.481 e. The Hall–Kier alpha value is -1.52. The van der Waals surface area contributed by atoms with Gasteiger partial charge in [0, 0.05) is 25.0 Å². The number of carbonyl (C=O) groups excluding carboxylic acids is 1. The van der Waals surface area contributed by atoms with Gasteiger partial charge < -0.3 is 15.3 Å². The number of rotatable bonds is 4. The molecule has 0 radical (unpaired) electrons. The van der Waals surface area contributed by atoms with E-state index >= 15 is 0 Å². The molecule has 0 spiro atoms. The van der Waals surface area contributed by atoms with E-state index in [4.69, 9.17) is 5.11 Å².